The summed E-state index contributed by atoms with van der Waals surface area (Å²) in [5.41, 5.74) is 1.23. The number of hydrogen-bond acceptors (Lipinski definition) is 6. The summed E-state index contributed by atoms with van der Waals surface area (Å²) in [5.74, 6) is 0.483. The molecule has 30 heavy (non-hydrogen) atoms. The van der Waals surface area contributed by atoms with E-state index >= 15 is 0 Å². The van der Waals surface area contributed by atoms with Crippen LogP contribution in [0.3, 0.4) is 0 Å². The highest BCUT2D eigenvalue weighted by atomic mass is 35.5. The lowest BCUT2D eigenvalue weighted by Gasteiger charge is -2.38. The Morgan fingerprint density at radius 3 is 2.70 bits per heavy atom. The molecular weight excluding hydrogens is 414 g/mol. The second-order valence-electron chi connectivity index (χ2n) is 6.98. The van der Waals surface area contributed by atoms with Crippen LogP contribution >= 0.6 is 11.6 Å². The van der Waals surface area contributed by atoms with E-state index < -0.39 is 18.2 Å². The highest BCUT2D eigenvalue weighted by molar-refractivity contribution is 6.31. The first-order chi connectivity index (χ1) is 14.5. The summed E-state index contributed by atoms with van der Waals surface area (Å²) in [6, 6.07) is 8.88. The zero-order valence-electron chi connectivity index (χ0n) is 15.3. The van der Waals surface area contributed by atoms with E-state index in [4.69, 9.17) is 11.6 Å². The molecule has 5 rings (SSSR count). The molecular formula is C20H13ClF2N6O. The van der Waals surface area contributed by atoms with Crippen molar-refractivity contribution in [3.05, 3.63) is 52.9 Å². The molecule has 0 atom stereocenters. The SMILES string of the molecule is N#Cc1c(C(F)F)nn2c(N3CC(O)C3)c(-c3ccnc4cc(Cl)ccc34)cnc12. The molecule has 3 aromatic heterocycles. The highest BCUT2D eigenvalue weighted by Crippen LogP contribution is 2.38. The van der Waals surface area contributed by atoms with E-state index in [-0.39, 0.29) is 11.2 Å². The highest BCUT2D eigenvalue weighted by Gasteiger charge is 2.32. The van der Waals surface area contributed by atoms with Crippen LogP contribution in [0.5, 0.6) is 0 Å². The number of β-amino-alcohol motifs (C(OH)–C–C–N with tert-alkyl or cyclic N) is 1. The lowest BCUT2D eigenvalue weighted by molar-refractivity contribution is 0.140. The molecule has 0 unspecified atom stereocenters. The average molecular weight is 427 g/mol. The number of aromatic nitrogens is 4. The molecule has 1 saturated heterocycles. The molecule has 1 aliphatic heterocycles. The van der Waals surface area contributed by atoms with Gasteiger partial charge in [-0.2, -0.15) is 14.9 Å². The van der Waals surface area contributed by atoms with Crippen molar-refractivity contribution in [3.8, 4) is 17.2 Å². The minimum Gasteiger partial charge on any atom is -0.389 e. The Balaban J connectivity index is 1.83. The van der Waals surface area contributed by atoms with Crippen molar-refractivity contribution >= 4 is 34.0 Å². The first-order valence-corrected chi connectivity index (χ1v) is 9.43. The maximum absolute atomic E-state index is 13.5. The molecule has 4 heterocycles. The number of hydrogen-bond donors (Lipinski definition) is 1. The molecule has 0 spiro atoms. The van der Waals surface area contributed by atoms with Crippen LogP contribution < -0.4 is 4.90 Å². The van der Waals surface area contributed by atoms with Crippen LogP contribution in [0, 0.1) is 11.3 Å². The lowest BCUT2D eigenvalue weighted by atomic mass is 10.0. The predicted molar refractivity (Wildman–Crippen MR) is 107 cm³/mol. The molecule has 1 aliphatic rings. The van der Waals surface area contributed by atoms with Gasteiger partial charge in [0.1, 0.15) is 23.1 Å². The standard InChI is InChI=1S/C20H13ClF2N6O/c21-10-1-2-13-12(3-4-25-16(13)5-10)15-7-26-19-14(6-24)17(18(22)23)27-29(19)20(15)28-8-11(30)9-28/h1-5,7,11,18,30H,8-9H2. The largest absolute Gasteiger partial charge is 0.389 e. The molecule has 0 saturated carbocycles. The molecule has 4 aromatic rings. The summed E-state index contributed by atoms with van der Waals surface area (Å²) in [7, 11) is 0. The number of anilines is 1. The average Bonchev–Trinajstić information content (AvgIpc) is 3.09. The second kappa shape index (κ2) is 6.86. The van der Waals surface area contributed by atoms with Crippen molar-refractivity contribution in [2.45, 2.75) is 12.5 Å². The fourth-order valence-corrected chi connectivity index (χ4v) is 3.90. The van der Waals surface area contributed by atoms with Gasteiger partial charge in [-0.1, -0.05) is 17.7 Å². The maximum Gasteiger partial charge on any atom is 0.283 e. The molecule has 150 valence electrons. The first kappa shape index (κ1) is 18.7. The molecule has 10 heteroatoms. The minimum absolute atomic E-state index is 0.0503. The first-order valence-electron chi connectivity index (χ1n) is 9.05. The monoisotopic (exact) mass is 426 g/mol. The fraction of sp³-hybridized carbons (Fsp3) is 0.200. The van der Waals surface area contributed by atoms with Crippen molar-refractivity contribution < 1.29 is 13.9 Å². The van der Waals surface area contributed by atoms with Gasteiger partial charge in [0.2, 0.25) is 0 Å². The van der Waals surface area contributed by atoms with Crippen LogP contribution in [0.2, 0.25) is 5.02 Å². The smallest absolute Gasteiger partial charge is 0.283 e. The molecule has 0 amide bonds. The van der Waals surface area contributed by atoms with Gasteiger partial charge < -0.3 is 10.0 Å². The number of nitriles is 1. The minimum atomic E-state index is -2.91. The Morgan fingerprint density at radius 2 is 2.00 bits per heavy atom. The molecule has 0 aliphatic carbocycles. The Kier molecular flexibility index (Phi) is 4.27. The van der Waals surface area contributed by atoms with Gasteiger partial charge >= 0.3 is 0 Å². The van der Waals surface area contributed by atoms with Crippen LogP contribution in [0.1, 0.15) is 17.7 Å². The Labute approximate surface area is 173 Å². The second-order valence-corrected chi connectivity index (χ2v) is 7.42. The number of benzene rings is 1. The number of rotatable bonds is 3. The molecule has 0 radical (unpaired) electrons. The van der Waals surface area contributed by atoms with Gasteiger partial charge in [0.15, 0.2) is 5.65 Å². The van der Waals surface area contributed by atoms with E-state index in [0.717, 1.165) is 10.9 Å². The molecule has 1 N–H and O–H groups in total. The third-order valence-electron chi connectivity index (χ3n) is 5.12. The van der Waals surface area contributed by atoms with E-state index in [1.54, 1.807) is 30.5 Å². The van der Waals surface area contributed by atoms with E-state index in [2.05, 4.69) is 15.1 Å². The van der Waals surface area contributed by atoms with Gasteiger partial charge in [0, 0.05) is 41.5 Å². The zero-order valence-corrected chi connectivity index (χ0v) is 16.1. The summed E-state index contributed by atoms with van der Waals surface area (Å²) in [6.07, 6.45) is -0.282. The Morgan fingerprint density at radius 1 is 1.20 bits per heavy atom. The normalized spacial score (nSPS) is 14.5. The summed E-state index contributed by atoms with van der Waals surface area (Å²) >= 11 is 6.09. The quantitative estimate of drug-likeness (QED) is 0.538. The van der Waals surface area contributed by atoms with Crippen molar-refractivity contribution in [3.63, 3.8) is 0 Å². The number of nitrogens with zero attached hydrogens (tertiary/aromatic N) is 6. The van der Waals surface area contributed by atoms with Crippen LogP contribution in [-0.4, -0.2) is 43.9 Å². The molecule has 1 aromatic carbocycles. The summed E-state index contributed by atoms with van der Waals surface area (Å²) in [5, 5.41) is 24.6. The number of aliphatic hydroxyl groups is 1. The van der Waals surface area contributed by atoms with Crippen molar-refractivity contribution in [1.82, 2.24) is 19.6 Å². The zero-order chi connectivity index (χ0) is 21.0. The van der Waals surface area contributed by atoms with Gasteiger partial charge in [-0.3, -0.25) is 4.98 Å². The molecule has 7 nitrogen and oxygen atoms in total. The number of alkyl halides is 2. The van der Waals surface area contributed by atoms with Crippen LogP contribution in [-0.2, 0) is 0 Å². The third-order valence-corrected chi connectivity index (χ3v) is 5.36. The number of pyridine rings is 1. The summed E-state index contributed by atoms with van der Waals surface area (Å²) < 4.78 is 28.2. The topological polar surface area (TPSA) is 90.3 Å². The fourth-order valence-electron chi connectivity index (χ4n) is 3.73. The van der Waals surface area contributed by atoms with Crippen LogP contribution in [0.25, 0.3) is 27.7 Å². The lowest BCUT2D eigenvalue weighted by Crippen LogP contribution is -2.51. The van der Waals surface area contributed by atoms with Crippen molar-refractivity contribution in [1.29, 1.82) is 5.26 Å². The molecule has 0 bridgehead atoms. The molecule has 1 fully saturated rings. The van der Waals surface area contributed by atoms with Gasteiger partial charge in [-0.05, 0) is 23.8 Å². The van der Waals surface area contributed by atoms with E-state index in [1.165, 1.54) is 10.7 Å². The van der Waals surface area contributed by atoms with Crippen LogP contribution in [0.4, 0.5) is 14.6 Å². The van der Waals surface area contributed by atoms with Gasteiger partial charge in [-0.15, -0.1) is 0 Å². The predicted octanol–water partition coefficient (Wildman–Crippen LogP) is 3.59. The van der Waals surface area contributed by atoms with Crippen molar-refractivity contribution in [2.24, 2.45) is 0 Å². The van der Waals surface area contributed by atoms with Crippen molar-refractivity contribution in [2.75, 3.05) is 18.0 Å². The Hall–Kier alpha value is -3.35. The maximum atomic E-state index is 13.5. The van der Waals surface area contributed by atoms with Gasteiger partial charge in [0.05, 0.1) is 11.6 Å². The summed E-state index contributed by atoms with van der Waals surface area (Å²) in [6.45, 7) is 0.624. The Bertz CT molecular complexity index is 1340. The van der Waals surface area contributed by atoms with E-state index in [9.17, 15) is 19.1 Å². The van der Waals surface area contributed by atoms with E-state index in [1.807, 2.05) is 11.0 Å². The number of halogens is 3. The summed E-state index contributed by atoms with van der Waals surface area (Å²) in [4.78, 5) is 10.4. The number of fused-ring (bicyclic) bond motifs is 2. The van der Waals surface area contributed by atoms with Gasteiger partial charge in [-0.25, -0.2) is 13.8 Å². The third kappa shape index (κ3) is 2.76. The van der Waals surface area contributed by atoms with Crippen LogP contribution in [0.15, 0.2) is 36.7 Å². The van der Waals surface area contributed by atoms with E-state index in [0.29, 0.717) is 35.0 Å². The van der Waals surface area contributed by atoms with Gasteiger partial charge in [0.25, 0.3) is 6.43 Å². The number of aliphatic hydroxyl groups excluding tert-OH is 1.